The van der Waals surface area contributed by atoms with Gasteiger partial charge in [-0.05, 0) is 53.9 Å². The number of hydrogen-bond donors (Lipinski definition) is 3. The molecule has 180 valence electrons. The van der Waals surface area contributed by atoms with E-state index >= 15 is 0 Å². The third-order valence-electron chi connectivity index (χ3n) is 6.96. The van der Waals surface area contributed by atoms with Gasteiger partial charge < -0.3 is 20.5 Å². The van der Waals surface area contributed by atoms with Gasteiger partial charge in [0.25, 0.3) is 0 Å². The van der Waals surface area contributed by atoms with Gasteiger partial charge in [0.05, 0.1) is 0 Å². The number of carbonyl (C=O) groups is 3. The van der Waals surface area contributed by atoms with Crippen LogP contribution in [-0.4, -0.2) is 41.8 Å². The molecule has 2 aliphatic carbocycles. The maximum atomic E-state index is 12.5. The number of ether oxygens (including phenoxy) is 1. The van der Waals surface area contributed by atoms with Gasteiger partial charge in [-0.3, -0.25) is 9.59 Å². The first-order chi connectivity index (χ1) is 16.4. The van der Waals surface area contributed by atoms with Gasteiger partial charge in [-0.25, -0.2) is 4.79 Å². The van der Waals surface area contributed by atoms with E-state index < -0.39 is 12.1 Å². The number of carboxylic acid groups (broad SMARTS) is 1. The molecule has 2 aliphatic rings. The molecule has 34 heavy (non-hydrogen) atoms. The normalized spacial score (nSPS) is 19.7. The third kappa shape index (κ3) is 5.58. The average molecular weight is 465 g/mol. The standard InChI is InChI=1S/C27H32N2O5/c1-2-18(15-25(30)28-19-12-11-17(13-19)14-26(31)32)29-27(33)34-16-24-22-9-5-3-7-20(22)21-8-4-6-10-23(21)24/h3-10,17-19,24H,2,11-16H2,1H3,(H,28,30)(H,29,33)(H,31,32)/t17-,18+,19+/m0/s1. The molecule has 0 heterocycles. The van der Waals surface area contributed by atoms with E-state index in [9.17, 15) is 14.4 Å². The van der Waals surface area contributed by atoms with E-state index in [4.69, 9.17) is 9.84 Å². The molecule has 7 nitrogen and oxygen atoms in total. The Bertz CT molecular complexity index is 1010. The molecule has 1 fully saturated rings. The summed E-state index contributed by atoms with van der Waals surface area (Å²) >= 11 is 0. The van der Waals surface area contributed by atoms with Gasteiger partial charge >= 0.3 is 12.1 Å². The summed E-state index contributed by atoms with van der Waals surface area (Å²) in [6.45, 7) is 2.15. The van der Waals surface area contributed by atoms with Gasteiger partial charge in [0, 0.05) is 30.8 Å². The summed E-state index contributed by atoms with van der Waals surface area (Å²) in [6.07, 6.45) is 2.68. The molecule has 3 atom stereocenters. The quantitative estimate of drug-likeness (QED) is 0.508. The highest BCUT2D eigenvalue weighted by atomic mass is 16.5. The molecule has 0 radical (unpaired) electrons. The fourth-order valence-corrected chi connectivity index (χ4v) is 5.25. The molecule has 2 aromatic rings. The van der Waals surface area contributed by atoms with E-state index in [1.807, 2.05) is 31.2 Å². The number of nitrogens with one attached hydrogen (secondary N) is 2. The summed E-state index contributed by atoms with van der Waals surface area (Å²) in [7, 11) is 0. The monoisotopic (exact) mass is 464 g/mol. The zero-order valence-electron chi connectivity index (χ0n) is 19.5. The van der Waals surface area contributed by atoms with Crippen LogP contribution >= 0.6 is 0 Å². The number of alkyl carbamates (subject to hydrolysis) is 1. The predicted octanol–water partition coefficient (Wildman–Crippen LogP) is 4.45. The molecule has 3 N–H and O–H groups in total. The predicted molar refractivity (Wildman–Crippen MR) is 128 cm³/mol. The van der Waals surface area contributed by atoms with Crippen LogP contribution in [0.4, 0.5) is 4.79 Å². The summed E-state index contributed by atoms with van der Waals surface area (Å²) in [5.74, 6) is -0.826. The van der Waals surface area contributed by atoms with Crippen LogP contribution in [0.2, 0.25) is 0 Å². The van der Waals surface area contributed by atoms with Crippen molar-refractivity contribution in [3.63, 3.8) is 0 Å². The maximum Gasteiger partial charge on any atom is 0.407 e. The van der Waals surface area contributed by atoms with Gasteiger partial charge in [-0.1, -0.05) is 55.5 Å². The van der Waals surface area contributed by atoms with Gasteiger partial charge in [0.15, 0.2) is 0 Å². The molecule has 7 heteroatoms. The maximum absolute atomic E-state index is 12.5. The number of amides is 2. The number of aliphatic carboxylic acids is 1. The number of carbonyl (C=O) groups excluding carboxylic acids is 2. The first kappa shape index (κ1) is 23.8. The zero-order valence-corrected chi connectivity index (χ0v) is 19.5. The van der Waals surface area contributed by atoms with Crippen LogP contribution in [0.3, 0.4) is 0 Å². The van der Waals surface area contributed by atoms with Crippen molar-refractivity contribution in [2.24, 2.45) is 5.92 Å². The lowest BCUT2D eigenvalue weighted by molar-refractivity contribution is -0.138. The molecule has 0 spiro atoms. The number of fused-ring (bicyclic) bond motifs is 3. The molecule has 0 bridgehead atoms. The molecule has 0 unspecified atom stereocenters. The number of benzene rings is 2. The molecule has 2 amide bonds. The summed E-state index contributed by atoms with van der Waals surface area (Å²) in [5.41, 5.74) is 4.65. The second-order valence-corrected chi connectivity index (χ2v) is 9.32. The molecule has 0 aliphatic heterocycles. The van der Waals surface area contributed by atoms with Crippen molar-refractivity contribution in [1.29, 1.82) is 0 Å². The van der Waals surface area contributed by atoms with Crippen LogP contribution in [0.25, 0.3) is 11.1 Å². The molecule has 4 rings (SSSR count). The van der Waals surface area contributed by atoms with Crippen LogP contribution in [0.1, 0.15) is 62.5 Å². The Hall–Kier alpha value is -3.35. The van der Waals surface area contributed by atoms with Crippen molar-refractivity contribution in [1.82, 2.24) is 10.6 Å². The van der Waals surface area contributed by atoms with E-state index in [-0.39, 0.29) is 49.3 Å². The first-order valence-electron chi connectivity index (χ1n) is 12.1. The Kier molecular flexibility index (Phi) is 7.50. The Morgan fingerprint density at radius 2 is 1.68 bits per heavy atom. The number of hydrogen-bond acceptors (Lipinski definition) is 4. The SMILES string of the molecule is CC[C@H](CC(=O)N[C@@H]1CC[C@H](CC(=O)O)C1)NC(=O)OCC1c2ccccc2-c2ccccc21. The summed E-state index contributed by atoms with van der Waals surface area (Å²) < 4.78 is 5.60. The van der Waals surface area contributed by atoms with Crippen LogP contribution in [0, 0.1) is 5.92 Å². The number of carboxylic acids is 1. The minimum Gasteiger partial charge on any atom is -0.481 e. The Labute approximate surface area is 199 Å². The van der Waals surface area contributed by atoms with E-state index in [0.717, 1.165) is 24.0 Å². The second kappa shape index (κ2) is 10.7. The smallest absolute Gasteiger partial charge is 0.407 e. The van der Waals surface area contributed by atoms with Crippen LogP contribution < -0.4 is 10.6 Å². The van der Waals surface area contributed by atoms with Crippen molar-refractivity contribution < 1.29 is 24.2 Å². The first-order valence-corrected chi connectivity index (χ1v) is 12.1. The van der Waals surface area contributed by atoms with E-state index in [2.05, 4.69) is 34.9 Å². The summed E-state index contributed by atoms with van der Waals surface area (Å²) in [4.78, 5) is 35.9. The van der Waals surface area contributed by atoms with Crippen LogP contribution in [0.15, 0.2) is 48.5 Å². The highest BCUT2D eigenvalue weighted by Crippen LogP contribution is 2.44. The van der Waals surface area contributed by atoms with Crippen molar-refractivity contribution >= 4 is 18.0 Å². The lowest BCUT2D eigenvalue weighted by atomic mass is 9.98. The Morgan fingerprint density at radius 3 is 2.29 bits per heavy atom. The van der Waals surface area contributed by atoms with Gasteiger partial charge in [0.2, 0.25) is 5.91 Å². The second-order valence-electron chi connectivity index (χ2n) is 9.32. The minimum atomic E-state index is -0.796. The Morgan fingerprint density at radius 1 is 1.03 bits per heavy atom. The van der Waals surface area contributed by atoms with Crippen molar-refractivity contribution in [3.8, 4) is 11.1 Å². The Balaban J connectivity index is 1.26. The van der Waals surface area contributed by atoms with E-state index in [1.54, 1.807) is 0 Å². The van der Waals surface area contributed by atoms with Gasteiger partial charge in [-0.15, -0.1) is 0 Å². The molecule has 2 aromatic carbocycles. The topological polar surface area (TPSA) is 105 Å². The highest BCUT2D eigenvalue weighted by Gasteiger charge is 2.30. The average Bonchev–Trinajstić information content (AvgIpc) is 3.38. The van der Waals surface area contributed by atoms with Crippen LogP contribution in [0.5, 0.6) is 0 Å². The third-order valence-corrected chi connectivity index (χ3v) is 6.96. The largest absolute Gasteiger partial charge is 0.481 e. The fraction of sp³-hybridized carbons (Fsp3) is 0.444. The van der Waals surface area contributed by atoms with Crippen molar-refractivity contribution in [2.45, 2.75) is 63.5 Å². The molecular weight excluding hydrogens is 432 g/mol. The highest BCUT2D eigenvalue weighted by molar-refractivity contribution is 5.79. The van der Waals surface area contributed by atoms with Gasteiger partial charge in [0.1, 0.15) is 6.61 Å². The minimum absolute atomic E-state index is 0.00353. The lowest BCUT2D eigenvalue weighted by Gasteiger charge is -2.20. The van der Waals surface area contributed by atoms with Crippen molar-refractivity contribution in [3.05, 3.63) is 59.7 Å². The number of rotatable bonds is 9. The molecule has 1 saturated carbocycles. The molecule has 0 aromatic heterocycles. The summed E-state index contributed by atoms with van der Waals surface area (Å²) in [5, 5.41) is 14.8. The zero-order chi connectivity index (χ0) is 24.1. The van der Waals surface area contributed by atoms with E-state index in [0.29, 0.717) is 12.8 Å². The summed E-state index contributed by atoms with van der Waals surface area (Å²) in [6, 6.07) is 16.0. The lowest BCUT2D eigenvalue weighted by Crippen LogP contribution is -2.41. The van der Waals surface area contributed by atoms with E-state index in [1.165, 1.54) is 11.1 Å². The van der Waals surface area contributed by atoms with Gasteiger partial charge in [-0.2, -0.15) is 0 Å². The van der Waals surface area contributed by atoms with Crippen LogP contribution in [-0.2, 0) is 14.3 Å². The molecule has 0 saturated heterocycles. The molecular formula is C27H32N2O5. The fourth-order valence-electron chi connectivity index (χ4n) is 5.25. The van der Waals surface area contributed by atoms with Crippen molar-refractivity contribution in [2.75, 3.05) is 6.61 Å².